The molecule has 0 bridgehead atoms. The van der Waals surface area contributed by atoms with Gasteiger partial charge in [0.1, 0.15) is 19.0 Å². The van der Waals surface area contributed by atoms with Gasteiger partial charge in [0.25, 0.3) is 0 Å². The maximum Gasteiger partial charge on any atom is 0.411 e. The van der Waals surface area contributed by atoms with Gasteiger partial charge in [-0.3, -0.25) is 0 Å². The first-order chi connectivity index (χ1) is 13.7. The molecule has 0 fully saturated rings. The molecule has 0 radical (unpaired) electrons. The maximum absolute atomic E-state index is 14.3. The van der Waals surface area contributed by atoms with Crippen LogP contribution < -0.4 is 4.74 Å². The zero-order valence-electron chi connectivity index (χ0n) is 15.2. The molecule has 0 aliphatic heterocycles. The lowest BCUT2D eigenvalue weighted by Gasteiger charge is -2.16. The van der Waals surface area contributed by atoms with Gasteiger partial charge >= 0.3 is 12.1 Å². The Hall–Kier alpha value is -2.65. The normalized spacial score (nSPS) is 13.7. The zero-order chi connectivity index (χ0) is 21.4. The largest absolute Gasteiger partial charge is 0.490 e. The molecule has 2 aromatic rings. The van der Waals surface area contributed by atoms with E-state index in [9.17, 15) is 22.4 Å². The van der Waals surface area contributed by atoms with Gasteiger partial charge in [0.05, 0.1) is 6.61 Å². The third-order valence-corrected chi connectivity index (χ3v) is 3.96. The van der Waals surface area contributed by atoms with Crippen LogP contribution in [-0.4, -0.2) is 41.7 Å². The molecule has 0 aromatic heterocycles. The monoisotopic (exact) mass is 416 g/mol. The highest BCUT2D eigenvalue weighted by Crippen LogP contribution is 2.22. The summed E-state index contributed by atoms with van der Waals surface area (Å²) in [6, 6.07) is 12.3. The van der Waals surface area contributed by atoms with Gasteiger partial charge < -0.3 is 19.7 Å². The molecular formula is C20H20F4O5. The predicted octanol–water partition coefficient (Wildman–Crippen LogP) is 3.84. The number of aliphatic carboxylic acids is 1. The molecule has 2 unspecified atom stereocenters. The fourth-order valence-electron chi connectivity index (χ4n) is 2.50. The Morgan fingerprint density at radius 1 is 1.07 bits per heavy atom. The number of hydrogen-bond acceptors (Lipinski definition) is 4. The summed E-state index contributed by atoms with van der Waals surface area (Å²) in [5, 5.41) is 18.1. The first-order valence-electron chi connectivity index (χ1n) is 8.64. The lowest BCUT2D eigenvalue weighted by Crippen LogP contribution is -2.31. The van der Waals surface area contributed by atoms with Gasteiger partial charge in [-0.2, -0.15) is 13.2 Å². The predicted molar refractivity (Wildman–Crippen MR) is 95.3 cm³/mol. The van der Waals surface area contributed by atoms with Gasteiger partial charge in [-0.05, 0) is 28.8 Å². The number of hydrogen-bond donors (Lipinski definition) is 2. The van der Waals surface area contributed by atoms with E-state index >= 15 is 0 Å². The molecule has 5 nitrogen and oxygen atoms in total. The molecule has 0 saturated carbocycles. The molecule has 0 amide bonds. The maximum atomic E-state index is 14.3. The summed E-state index contributed by atoms with van der Waals surface area (Å²) in [5.41, 5.74) is 1.37. The van der Waals surface area contributed by atoms with Gasteiger partial charge in [-0.15, -0.1) is 0 Å². The molecule has 2 aromatic carbocycles. The highest BCUT2D eigenvalue weighted by molar-refractivity contribution is 5.72. The summed E-state index contributed by atoms with van der Waals surface area (Å²) < 4.78 is 60.7. The van der Waals surface area contributed by atoms with Crippen molar-refractivity contribution in [1.82, 2.24) is 0 Å². The Balaban J connectivity index is 1.91. The average Bonchev–Trinajstić information content (AvgIpc) is 2.69. The van der Waals surface area contributed by atoms with Gasteiger partial charge in [0.15, 0.2) is 12.3 Å². The van der Waals surface area contributed by atoms with Crippen molar-refractivity contribution in [3.8, 4) is 5.75 Å². The second-order valence-corrected chi connectivity index (χ2v) is 6.28. The van der Waals surface area contributed by atoms with Crippen LogP contribution in [0.15, 0.2) is 48.5 Å². The van der Waals surface area contributed by atoms with Crippen LogP contribution in [0.2, 0.25) is 0 Å². The van der Waals surface area contributed by atoms with E-state index < -0.39 is 31.0 Å². The summed E-state index contributed by atoms with van der Waals surface area (Å²) >= 11 is 0. The minimum absolute atomic E-state index is 0.201. The Bertz CT molecular complexity index is 792. The fraction of sp³-hybridized carbons (Fsp3) is 0.350. The van der Waals surface area contributed by atoms with Crippen molar-refractivity contribution in [2.45, 2.75) is 31.5 Å². The Morgan fingerprint density at radius 3 is 2.34 bits per heavy atom. The number of alkyl halides is 4. The topological polar surface area (TPSA) is 76.0 Å². The fourth-order valence-corrected chi connectivity index (χ4v) is 2.50. The van der Waals surface area contributed by atoms with Crippen LogP contribution in [0.3, 0.4) is 0 Å². The molecular weight excluding hydrogens is 396 g/mol. The quantitative estimate of drug-likeness (QED) is 0.576. The molecule has 0 heterocycles. The van der Waals surface area contributed by atoms with Crippen LogP contribution in [0.1, 0.15) is 22.9 Å². The summed E-state index contributed by atoms with van der Waals surface area (Å²) in [6.45, 7) is -2.13. The van der Waals surface area contributed by atoms with E-state index in [-0.39, 0.29) is 19.6 Å². The lowest BCUT2D eigenvalue weighted by molar-refractivity contribution is -0.192. The van der Waals surface area contributed by atoms with Crippen LogP contribution in [0.25, 0.3) is 0 Å². The molecule has 9 heteroatoms. The van der Waals surface area contributed by atoms with Gasteiger partial charge in [-0.25, -0.2) is 9.18 Å². The highest BCUT2D eigenvalue weighted by atomic mass is 19.4. The van der Waals surface area contributed by atoms with E-state index in [1.54, 1.807) is 18.2 Å². The summed E-state index contributed by atoms with van der Waals surface area (Å²) in [4.78, 5) is 11.1. The van der Waals surface area contributed by atoms with E-state index in [2.05, 4.69) is 4.74 Å². The number of carboxylic acids is 1. The van der Waals surface area contributed by atoms with Crippen LogP contribution in [-0.2, 0) is 22.6 Å². The SMILES string of the molecule is O=C(O)C(Cc1ccc(OCC(F)c2cccc(CO)c2)cc1)OCC(F)(F)F. The molecule has 0 aliphatic rings. The lowest BCUT2D eigenvalue weighted by atomic mass is 10.1. The minimum Gasteiger partial charge on any atom is -0.490 e. The highest BCUT2D eigenvalue weighted by Gasteiger charge is 2.31. The molecule has 0 spiro atoms. The number of carboxylic acid groups (broad SMARTS) is 1. The molecule has 2 N–H and O–H groups in total. The third-order valence-electron chi connectivity index (χ3n) is 3.96. The van der Waals surface area contributed by atoms with Crippen LogP contribution in [0, 0.1) is 0 Å². The Morgan fingerprint density at radius 2 is 1.76 bits per heavy atom. The molecule has 0 saturated heterocycles. The molecule has 2 rings (SSSR count). The second kappa shape index (κ2) is 10.2. The molecule has 0 aliphatic carbocycles. The van der Waals surface area contributed by atoms with E-state index in [1.165, 1.54) is 30.3 Å². The summed E-state index contributed by atoms with van der Waals surface area (Å²) in [6.07, 6.45) is -7.94. The number of aliphatic hydroxyl groups is 1. The Labute approximate surface area is 164 Å². The average molecular weight is 416 g/mol. The van der Waals surface area contributed by atoms with Crippen molar-refractivity contribution in [2.75, 3.05) is 13.2 Å². The number of halogens is 4. The number of ether oxygens (including phenoxy) is 2. The van der Waals surface area contributed by atoms with E-state index in [0.29, 0.717) is 22.4 Å². The standard InChI is InChI=1S/C20H20F4O5/c21-17(15-3-1-2-14(8-15)10-25)11-28-16-6-4-13(5-7-16)9-18(19(26)27)29-12-20(22,23)24/h1-8,17-18,25H,9-12H2,(H,26,27). The van der Waals surface area contributed by atoms with Gasteiger partial charge in [0, 0.05) is 6.42 Å². The van der Waals surface area contributed by atoms with Crippen molar-refractivity contribution >= 4 is 5.97 Å². The number of rotatable bonds is 10. The summed E-state index contributed by atoms with van der Waals surface area (Å²) in [7, 11) is 0. The van der Waals surface area contributed by atoms with Crippen LogP contribution in [0.4, 0.5) is 17.6 Å². The van der Waals surface area contributed by atoms with E-state index in [0.717, 1.165) is 0 Å². The third kappa shape index (κ3) is 7.71. The van der Waals surface area contributed by atoms with E-state index in [4.69, 9.17) is 14.9 Å². The second-order valence-electron chi connectivity index (χ2n) is 6.28. The van der Waals surface area contributed by atoms with Crippen LogP contribution >= 0.6 is 0 Å². The van der Waals surface area contributed by atoms with E-state index in [1.807, 2.05) is 0 Å². The van der Waals surface area contributed by atoms with Crippen molar-refractivity contribution in [2.24, 2.45) is 0 Å². The van der Waals surface area contributed by atoms with Crippen molar-refractivity contribution in [1.29, 1.82) is 0 Å². The smallest absolute Gasteiger partial charge is 0.411 e. The first kappa shape index (κ1) is 22.6. The van der Waals surface area contributed by atoms with Gasteiger partial charge in [0.2, 0.25) is 0 Å². The zero-order valence-corrected chi connectivity index (χ0v) is 15.2. The van der Waals surface area contributed by atoms with Crippen molar-refractivity contribution < 1.29 is 42.0 Å². The Kier molecular flexibility index (Phi) is 7.98. The summed E-state index contributed by atoms with van der Waals surface area (Å²) in [5.74, 6) is -1.18. The van der Waals surface area contributed by atoms with Gasteiger partial charge in [-0.1, -0.05) is 36.4 Å². The van der Waals surface area contributed by atoms with Crippen molar-refractivity contribution in [3.05, 3.63) is 65.2 Å². The molecule has 158 valence electrons. The number of carbonyl (C=O) groups is 1. The number of benzene rings is 2. The number of aliphatic hydroxyl groups excluding tert-OH is 1. The van der Waals surface area contributed by atoms with Crippen molar-refractivity contribution in [3.63, 3.8) is 0 Å². The van der Waals surface area contributed by atoms with Crippen LogP contribution in [0.5, 0.6) is 5.75 Å². The molecule has 29 heavy (non-hydrogen) atoms. The first-order valence-corrected chi connectivity index (χ1v) is 8.64. The molecule has 2 atom stereocenters. The minimum atomic E-state index is -4.62.